The number of ether oxygens (including phenoxy) is 2. The molecule has 0 radical (unpaired) electrons. The van der Waals surface area contributed by atoms with Gasteiger partial charge in [-0.25, -0.2) is 0 Å². The molecule has 22 heavy (non-hydrogen) atoms. The molecule has 1 aromatic carbocycles. The van der Waals surface area contributed by atoms with Gasteiger partial charge in [-0.2, -0.15) is 0 Å². The topological polar surface area (TPSA) is 47.6 Å². The second-order valence-electron chi connectivity index (χ2n) is 5.36. The number of hydrogen-bond acceptors (Lipinski definition) is 3. The van der Waals surface area contributed by atoms with Crippen molar-refractivity contribution in [2.24, 2.45) is 0 Å². The van der Waals surface area contributed by atoms with Gasteiger partial charge in [-0.1, -0.05) is 33.1 Å². The van der Waals surface area contributed by atoms with Crippen LogP contribution < -0.4 is 14.8 Å². The Hall–Kier alpha value is -1.71. The van der Waals surface area contributed by atoms with Gasteiger partial charge >= 0.3 is 0 Å². The van der Waals surface area contributed by atoms with Crippen molar-refractivity contribution in [1.29, 1.82) is 0 Å². The molecule has 0 saturated carbocycles. The SMILES string of the molecule is CCCCCC(CC)NC(=O)COc1ccc(OCC)cc1. The Morgan fingerprint density at radius 2 is 1.68 bits per heavy atom. The number of hydrogen-bond donors (Lipinski definition) is 1. The molecule has 0 aliphatic rings. The predicted octanol–water partition coefficient (Wildman–Crippen LogP) is 3.94. The van der Waals surface area contributed by atoms with Crippen molar-refractivity contribution in [1.82, 2.24) is 5.32 Å². The summed E-state index contributed by atoms with van der Waals surface area (Å²) in [6, 6.07) is 7.57. The average Bonchev–Trinajstić information content (AvgIpc) is 2.53. The first kappa shape index (κ1) is 18.3. The smallest absolute Gasteiger partial charge is 0.258 e. The first-order valence-corrected chi connectivity index (χ1v) is 8.34. The number of benzene rings is 1. The van der Waals surface area contributed by atoms with Gasteiger partial charge in [-0.05, 0) is 44.0 Å². The summed E-state index contributed by atoms with van der Waals surface area (Å²) in [4.78, 5) is 11.9. The second kappa shape index (κ2) is 10.9. The van der Waals surface area contributed by atoms with Crippen molar-refractivity contribution in [2.75, 3.05) is 13.2 Å². The molecule has 0 spiro atoms. The van der Waals surface area contributed by atoms with Crippen molar-refractivity contribution in [3.63, 3.8) is 0 Å². The number of rotatable bonds is 11. The van der Waals surface area contributed by atoms with Crippen LogP contribution in [0.4, 0.5) is 0 Å². The Bertz CT molecular complexity index is 417. The largest absolute Gasteiger partial charge is 0.494 e. The lowest BCUT2D eigenvalue weighted by Crippen LogP contribution is -2.37. The van der Waals surface area contributed by atoms with Crippen molar-refractivity contribution in [3.8, 4) is 11.5 Å². The monoisotopic (exact) mass is 307 g/mol. The fraction of sp³-hybridized carbons (Fsp3) is 0.611. The van der Waals surface area contributed by atoms with Crippen LogP contribution in [-0.4, -0.2) is 25.2 Å². The lowest BCUT2D eigenvalue weighted by Gasteiger charge is -2.17. The van der Waals surface area contributed by atoms with Crippen molar-refractivity contribution in [3.05, 3.63) is 24.3 Å². The zero-order valence-electron chi connectivity index (χ0n) is 14.1. The molecule has 4 heteroatoms. The van der Waals surface area contributed by atoms with Crippen molar-refractivity contribution >= 4 is 5.91 Å². The van der Waals surface area contributed by atoms with E-state index in [0.717, 1.165) is 25.0 Å². The van der Waals surface area contributed by atoms with Crippen LogP contribution in [0.1, 0.15) is 52.9 Å². The molecule has 0 saturated heterocycles. The van der Waals surface area contributed by atoms with Crippen LogP contribution in [0.15, 0.2) is 24.3 Å². The molecular weight excluding hydrogens is 278 g/mol. The third kappa shape index (κ3) is 7.34. The van der Waals surface area contributed by atoms with Gasteiger partial charge in [0.1, 0.15) is 11.5 Å². The highest BCUT2D eigenvalue weighted by Crippen LogP contribution is 2.17. The summed E-state index contributed by atoms with van der Waals surface area (Å²) in [6.45, 7) is 6.92. The summed E-state index contributed by atoms with van der Waals surface area (Å²) in [7, 11) is 0. The molecule has 1 atom stereocenters. The zero-order chi connectivity index (χ0) is 16.2. The third-order valence-electron chi connectivity index (χ3n) is 3.52. The highest BCUT2D eigenvalue weighted by atomic mass is 16.5. The summed E-state index contributed by atoms with van der Waals surface area (Å²) in [5, 5.41) is 3.04. The minimum absolute atomic E-state index is 0.0538. The van der Waals surface area contributed by atoms with Gasteiger partial charge in [-0.15, -0.1) is 0 Å². The first-order chi connectivity index (χ1) is 10.7. The van der Waals surface area contributed by atoms with E-state index in [2.05, 4.69) is 19.2 Å². The van der Waals surface area contributed by atoms with E-state index in [0.29, 0.717) is 12.4 Å². The van der Waals surface area contributed by atoms with Crippen molar-refractivity contribution < 1.29 is 14.3 Å². The first-order valence-electron chi connectivity index (χ1n) is 8.34. The fourth-order valence-corrected chi connectivity index (χ4v) is 2.24. The van der Waals surface area contributed by atoms with Crippen LogP contribution in [0, 0.1) is 0 Å². The zero-order valence-corrected chi connectivity index (χ0v) is 14.1. The average molecular weight is 307 g/mol. The Kier molecular flexibility index (Phi) is 9.12. The third-order valence-corrected chi connectivity index (χ3v) is 3.52. The van der Waals surface area contributed by atoms with E-state index in [-0.39, 0.29) is 18.6 Å². The van der Waals surface area contributed by atoms with Crippen LogP contribution in [0.5, 0.6) is 11.5 Å². The molecule has 1 unspecified atom stereocenters. The summed E-state index contributed by atoms with van der Waals surface area (Å²) in [5.74, 6) is 1.43. The summed E-state index contributed by atoms with van der Waals surface area (Å²) < 4.78 is 10.9. The Balaban J connectivity index is 2.31. The van der Waals surface area contributed by atoms with Gasteiger partial charge in [0.05, 0.1) is 6.61 Å². The van der Waals surface area contributed by atoms with E-state index in [4.69, 9.17) is 9.47 Å². The molecule has 1 N–H and O–H groups in total. The van der Waals surface area contributed by atoms with Gasteiger partial charge < -0.3 is 14.8 Å². The molecule has 0 aliphatic carbocycles. The molecule has 0 bridgehead atoms. The normalized spacial score (nSPS) is 11.8. The quantitative estimate of drug-likeness (QED) is 0.630. The second-order valence-corrected chi connectivity index (χ2v) is 5.36. The number of amides is 1. The number of carbonyl (C=O) groups excluding carboxylic acids is 1. The Morgan fingerprint density at radius 1 is 1.05 bits per heavy atom. The number of unbranched alkanes of at least 4 members (excludes halogenated alkanes) is 2. The Morgan fingerprint density at radius 3 is 2.23 bits per heavy atom. The fourth-order valence-electron chi connectivity index (χ4n) is 2.24. The van der Waals surface area contributed by atoms with Crippen LogP contribution in [-0.2, 0) is 4.79 Å². The van der Waals surface area contributed by atoms with Crippen LogP contribution in [0.25, 0.3) is 0 Å². The maximum atomic E-state index is 11.9. The van der Waals surface area contributed by atoms with E-state index in [1.54, 1.807) is 0 Å². The molecule has 0 aliphatic heterocycles. The van der Waals surface area contributed by atoms with E-state index < -0.39 is 0 Å². The molecule has 1 amide bonds. The van der Waals surface area contributed by atoms with Crippen molar-refractivity contribution in [2.45, 2.75) is 58.9 Å². The molecule has 124 valence electrons. The van der Waals surface area contributed by atoms with Gasteiger partial charge in [0.2, 0.25) is 0 Å². The highest BCUT2D eigenvalue weighted by molar-refractivity contribution is 5.77. The summed E-state index contributed by atoms with van der Waals surface area (Å²) in [6.07, 6.45) is 5.58. The molecule has 0 fully saturated rings. The van der Waals surface area contributed by atoms with E-state index in [9.17, 15) is 4.79 Å². The highest BCUT2D eigenvalue weighted by Gasteiger charge is 2.10. The van der Waals surface area contributed by atoms with Crippen LogP contribution in [0.3, 0.4) is 0 Å². The van der Waals surface area contributed by atoms with Gasteiger partial charge in [0, 0.05) is 6.04 Å². The van der Waals surface area contributed by atoms with E-state index in [1.807, 2.05) is 31.2 Å². The molecule has 1 aromatic rings. The van der Waals surface area contributed by atoms with Gasteiger partial charge in [-0.3, -0.25) is 4.79 Å². The summed E-state index contributed by atoms with van der Waals surface area (Å²) in [5.41, 5.74) is 0. The Labute approximate surface area is 134 Å². The summed E-state index contributed by atoms with van der Waals surface area (Å²) >= 11 is 0. The maximum Gasteiger partial charge on any atom is 0.258 e. The minimum atomic E-state index is -0.0581. The number of nitrogens with one attached hydrogen (secondary N) is 1. The molecule has 1 rings (SSSR count). The molecular formula is C18H29NO3. The lowest BCUT2D eigenvalue weighted by molar-refractivity contribution is -0.123. The minimum Gasteiger partial charge on any atom is -0.494 e. The van der Waals surface area contributed by atoms with Gasteiger partial charge in [0.15, 0.2) is 6.61 Å². The molecule has 4 nitrogen and oxygen atoms in total. The lowest BCUT2D eigenvalue weighted by atomic mass is 10.1. The van der Waals surface area contributed by atoms with Crippen LogP contribution in [0.2, 0.25) is 0 Å². The van der Waals surface area contributed by atoms with E-state index in [1.165, 1.54) is 12.8 Å². The van der Waals surface area contributed by atoms with Crippen LogP contribution >= 0.6 is 0 Å². The standard InChI is InChI=1S/C18H29NO3/c1-4-7-8-9-15(5-2)19-18(20)14-22-17-12-10-16(11-13-17)21-6-3/h10-13,15H,4-9,14H2,1-3H3,(H,19,20). The molecule has 0 aromatic heterocycles. The van der Waals surface area contributed by atoms with Gasteiger partial charge in [0.25, 0.3) is 5.91 Å². The maximum absolute atomic E-state index is 11.9. The predicted molar refractivity (Wildman–Crippen MR) is 89.5 cm³/mol. The number of carbonyl (C=O) groups is 1. The van der Waals surface area contributed by atoms with E-state index >= 15 is 0 Å². The molecule has 0 heterocycles.